The van der Waals surface area contributed by atoms with Gasteiger partial charge in [0.05, 0.1) is 33.1 Å². The minimum absolute atomic E-state index is 0.892. The fourth-order valence-corrected chi connectivity index (χ4v) is 4.74. The lowest BCUT2D eigenvalue weighted by atomic mass is 10.1. The molecule has 0 radical (unpaired) electrons. The molecule has 0 aliphatic rings. The number of fused-ring (bicyclic) bond motifs is 8. The minimum Gasteiger partial charge on any atom is -0.456 e. The summed E-state index contributed by atoms with van der Waals surface area (Å²) in [6.45, 7) is 2.09. The summed E-state index contributed by atoms with van der Waals surface area (Å²) in [6, 6.07) is 29.4. The second kappa shape index (κ2) is 5.51. The monoisotopic (exact) mass is 387 g/mol. The molecule has 4 heteroatoms. The van der Waals surface area contributed by atoms with Gasteiger partial charge in [-0.15, -0.1) is 0 Å². The average Bonchev–Trinajstić information content (AvgIpc) is 3.43. The zero-order valence-electron chi connectivity index (χ0n) is 16.3. The van der Waals surface area contributed by atoms with Crippen LogP contribution in [0.15, 0.2) is 89.3 Å². The van der Waals surface area contributed by atoms with Crippen LogP contribution in [0.25, 0.3) is 55.5 Å². The Morgan fingerprint density at radius 1 is 0.733 bits per heavy atom. The van der Waals surface area contributed by atoms with Crippen LogP contribution in [0.5, 0.6) is 0 Å². The molecule has 0 saturated heterocycles. The van der Waals surface area contributed by atoms with Gasteiger partial charge < -0.3 is 4.42 Å². The van der Waals surface area contributed by atoms with Crippen molar-refractivity contribution in [3.63, 3.8) is 0 Å². The number of furan rings is 1. The van der Waals surface area contributed by atoms with E-state index in [1.54, 1.807) is 0 Å². The Balaban J connectivity index is 1.74. The van der Waals surface area contributed by atoms with E-state index in [0.29, 0.717) is 0 Å². The van der Waals surface area contributed by atoms with Gasteiger partial charge in [-0.25, -0.2) is 4.98 Å². The Morgan fingerprint density at radius 2 is 1.50 bits per heavy atom. The lowest BCUT2D eigenvalue weighted by molar-refractivity contribution is 0.665. The standard InChI is InChI=1S/C26H17N3O/c1-16-8-6-9-17-24-22(14-7-15-23(24)30-25(16)17)29-21-13-5-4-12-20(21)28-19-11-3-2-10-18(19)27-26(28)29/h2-15H,1H3. The van der Waals surface area contributed by atoms with E-state index in [1.165, 1.54) is 0 Å². The van der Waals surface area contributed by atoms with Crippen LogP contribution in [0.2, 0.25) is 0 Å². The third-order valence-electron chi connectivity index (χ3n) is 6.05. The molecule has 0 amide bonds. The maximum Gasteiger partial charge on any atom is 0.220 e. The SMILES string of the molecule is Cc1cccc2c1oc1cccc(-n3c4ccccc4n4c5ccccc5nc34)c12. The summed E-state index contributed by atoms with van der Waals surface area (Å²) in [6.07, 6.45) is 0. The van der Waals surface area contributed by atoms with Crippen molar-refractivity contribution in [3.8, 4) is 5.69 Å². The third kappa shape index (κ3) is 1.88. The lowest BCUT2D eigenvalue weighted by Gasteiger charge is -2.07. The number of aryl methyl sites for hydroxylation is 1. The number of hydrogen-bond acceptors (Lipinski definition) is 2. The van der Waals surface area contributed by atoms with E-state index in [-0.39, 0.29) is 0 Å². The van der Waals surface area contributed by atoms with Crippen molar-refractivity contribution in [3.05, 3.63) is 90.5 Å². The van der Waals surface area contributed by atoms with Gasteiger partial charge >= 0.3 is 0 Å². The number of rotatable bonds is 1. The van der Waals surface area contributed by atoms with Crippen molar-refractivity contribution < 1.29 is 4.42 Å². The Morgan fingerprint density at radius 3 is 2.40 bits per heavy atom. The van der Waals surface area contributed by atoms with E-state index in [9.17, 15) is 0 Å². The topological polar surface area (TPSA) is 35.4 Å². The molecule has 4 aromatic carbocycles. The van der Waals surface area contributed by atoms with E-state index < -0.39 is 0 Å². The Kier molecular flexibility index (Phi) is 2.91. The van der Waals surface area contributed by atoms with Gasteiger partial charge in [0.25, 0.3) is 0 Å². The fraction of sp³-hybridized carbons (Fsp3) is 0.0385. The maximum atomic E-state index is 6.26. The summed E-state index contributed by atoms with van der Waals surface area (Å²) in [5.41, 5.74) is 8.43. The molecular weight excluding hydrogens is 370 g/mol. The summed E-state index contributed by atoms with van der Waals surface area (Å²) >= 11 is 0. The molecule has 0 aliphatic heterocycles. The number of aromatic nitrogens is 3. The van der Waals surface area contributed by atoms with Gasteiger partial charge in [-0.3, -0.25) is 8.97 Å². The zero-order chi connectivity index (χ0) is 19.8. The van der Waals surface area contributed by atoms with Crippen molar-refractivity contribution in [1.29, 1.82) is 0 Å². The number of para-hydroxylation sites is 5. The predicted molar refractivity (Wildman–Crippen MR) is 122 cm³/mol. The smallest absolute Gasteiger partial charge is 0.220 e. The molecule has 0 spiro atoms. The highest BCUT2D eigenvalue weighted by atomic mass is 16.3. The van der Waals surface area contributed by atoms with Crippen LogP contribution in [-0.2, 0) is 0 Å². The average molecular weight is 387 g/mol. The molecule has 7 rings (SSSR count). The first-order valence-electron chi connectivity index (χ1n) is 10.1. The molecule has 3 aromatic heterocycles. The Labute approximate surface area is 171 Å². The van der Waals surface area contributed by atoms with Crippen LogP contribution < -0.4 is 0 Å². The van der Waals surface area contributed by atoms with Crippen LogP contribution in [0, 0.1) is 6.92 Å². The third-order valence-corrected chi connectivity index (χ3v) is 6.05. The molecule has 3 heterocycles. The molecule has 0 saturated carbocycles. The highest BCUT2D eigenvalue weighted by molar-refractivity contribution is 6.11. The molecule has 0 N–H and O–H groups in total. The van der Waals surface area contributed by atoms with Crippen LogP contribution in [0.1, 0.15) is 5.56 Å². The molecule has 0 fully saturated rings. The largest absolute Gasteiger partial charge is 0.456 e. The quantitative estimate of drug-likeness (QED) is 0.316. The van der Waals surface area contributed by atoms with E-state index in [1.807, 2.05) is 12.1 Å². The van der Waals surface area contributed by atoms with Crippen LogP contribution >= 0.6 is 0 Å². The highest BCUT2D eigenvalue weighted by Crippen LogP contribution is 2.37. The number of hydrogen-bond donors (Lipinski definition) is 0. The number of imidazole rings is 2. The van der Waals surface area contributed by atoms with Gasteiger partial charge in [-0.05, 0) is 48.9 Å². The molecule has 30 heavy (non-hydrogen) atoms. The van der Waals surface area contributed by atoms with Crippen LogP contribution in [0.3, 0.4) is 0 Å². The molecule has 142 valence electrons. The molecule has 7 aromatic rings. The van der Waals surface area contributed by atoms with Crippen molar-refractivity contribution in [1.82, 2.24) is 14.0 Å². The summed E-state index contributed by atoms with van der Waals surface area (Å²) in [7, 11) is 0. The summed E-state index contributed by atoms with van der Waals surface area (Å²) in [5, 5.41) is 2.25. The number of benzene rings is 4. The highest BCUT2D eigenvalue weighted by Gasteiger charge is 2.20. The van der Waals surface area contributed by atoms with Gasteiger partial charge in [0.15, 0.2) is 0 Å². The Bertz CT molecular complexity index is 1760. The van der Waals surface area contributed by atoms with E-state index >= 15 is 0 Å². The van der Waals surface area contributed by atoms with E-state index in [0.717, 1.165) is 61.0 Å². The first kappa shape index (κ1) is 15.8. The second-order valence-corrected chi connectivity index (χ2v) is 7.76. The van der Waals surface area contributed by atoms with Crippen molar-refractivity contribution in [2.45, 2.75) is 6.92 Å². The summed E-state index contributed by atoms with van der Waals surface area (Å²) < 4.78 is 10.8. The fourth-order valence-electron chi connectivity index (χ4n) is 4.74. The van der Waals surface area contributed by atoms with Crippen LogP contribution in [0.4, 0.5) is 0 Å². The molecule has 0 atom stereocenters. The minimum atomic E-state index is 0.892. The van der Waals surface area contributed by atoms with Gasteiger partial charge in [-0.2, -0.15) is 0 Å². The summed E-state index contributed by atoms with van der Waals surface area (Å²) in [5.74, 6) is 0.909. The molecule has 0 aliphatic carbocycles. The van der Waals surface area contributed by atoms with Gasteiger partial charge in [0.1, 0.15) is 11.2 Å². The van der Waals surface area contributed by atoms with Gasteiger partial charge in [0.2, 0.25) is 5.78 Å². The van der Waals surface area contributed by atoms with Crippen molar-refractivity contribution in [2.24, 2.45) is 0 Å². The van der Waals surface area contributed by atoms with Gasteiger partial charge in [0, 0.05) is 5.39 Å². The Hall–Kier alpha value is -4.05. The lowest BCUT2D eigenvalue weighted by Crippen LogP contribution is -1.95. The van der Waals surface area contributed by atoms with Crippen molar-refractivity contribution >= 4 is 49.8 Å². The first-order chi connectivity index (χ1) is 14.8. The molecule has 0 bridgehead atoms. The zero-order valence-corrected chi connectivity index (χ0v) is 16.3. The second-order valence-electron chi connectivity index (χ2n) is 7.76. The van der Waals surface area contributed by atoms with Gasteiger partial charge in [-0.1, -0.05) is 48.5 Å². The maximum absolute atomic E-state index is 6.26. The van der Waals surface area contributed by atoms with Crippen molar-refractivity contribution in [2.75, 3.05) is 0 Å². The normalized spacial score (nSPS) is 12.2. The molecule has 4 nitrogen and oxygen atoms in total. The molecular formula is C26H17N3O. The van der Waals surface area contributed by atoms with Crippen LogP contribution in [-0.4, -0.2) is 14.0 Å². The number of nitrogens with zero attached hydrogens (tertiary/aromatic N) is 3. The first-order valence-corrected chi connectivity index (χ1v) is 10.1. The summed E-state index contributed by atoms with van der Waals surface area (Å²) in [4.78, 5) is 5.01. The predicted octanol–water partition coefficient (Wildman–Crippen LogP) is 6.64. The van der Waals surface area contributed by atoms with E-state index in [4.69, 9.17) is 9.40 Å². The molecule has 0 unspecified atom stereocenters. The van der Waals surface area contributed by atoms with E-state index in [2.05, 4.69) is 88.7 Å².